The summed E-state index contributed by atoms with van der Waals surface area (Å²) in [7, 11) is 1.51. The second-order valence-corrected chi connectivity index (χ2v) is 3.83. The number of nitrogens with one attached hydrogen (secondary N) is 1. The van der Waals surface area contributed by atoms with E-state index in [0.29, 0.717) is 18.5 Å². The number of para-hydroxylation sites is 1. The van der Waals surface area contributed by atoms with Crippen molar-refractivity contribution in [2.45, 2.75) is 6.18 Å². The number of alkyl halides is 3. The van der Waals surface area contributed by atoms with Gasteiger partial charge in [-0.05, 0) is 12.1 Å². The molecule has 19 heavy (non-hydrogen) atoms. The Morgan fingerprint density at radius 1 is 1.21 bits per heavy atom. The molecule has 1 heterocycles. The zero-order chi connectivity index (χ0) is 13.9. The molecule has 0 unspecified atom stereocenters. The molecule has 0 saturated carbocycles. The van der Waals surface area contributed by atoms with Gasteiger partial charge >= 0.3 is 6.18 Å². The highest BCUT2D eigenvalue weighted by atomic mass is 19.4. The van der Waals surface area contributed by atoms with Crippen LogP contribution in [0.5, 0.6) is 0 Å². The number of benzene rings is 1. The normalized spacial score (nSPS) is 11.8. The number of aromatic nitrogens is 2. The number of rotatable bonds is 4. The molecule has 0 amide bonds. The van der Waals surface area contributed by atoms with Gasteiger partial charge in [0.25, 0.3) is 0 Å². The van der Waals surface area contributed by atoms with Gasteiger partial charge in [0.2, 0.25) is 5.82 Å². The van der Waals surface area contributed by atoms with Crippen LogP contribution < -0.4 is 5.32 Å². The first kappa shape index (κ1) is 13.5. The highest BCUT2D eigenvalue weighted by Gasteiger charge is 2.35. The largest absolute Gasteiger partial charge is 0.451 e. The molecular weight excluding hydrogens is 259 g/mol. The van der Waals surface area contributed by atoms with Crippen LogP contribution in [0.1, 0.15) is 5.82 Å². The van der Waals surface area contributed by atoms with E-state index in [2.05, 4.69) is 15.3 Å². The number of halogens is 3. The summed E-state index contributed by atoms with van der Waals surface area (Å²) in [6.07, 6.45) is -4.57. The molecule has 1 aromatic heterocycles. The Balaban J connectivity index is 2.46. The van der Waals surface area contributed by atoms with E-state index in [1.54, 1.807) is 18.2 Å². The van der Waals surface area contributed by atoms with E-state index in [9.17, 15) is 13.2 Å². The lowest BCUT2D eigenvalue weighted by atomic mass is 10.2. The fraction of sp³-hybridized carbons (Fsp3) is 0.333. The number of anilines is 1. The van der Waals surface area contributed by atoms with Crippen molar-refractivity contribution < 1.29 is 17.9 Å². The maximum Gasteiger partial charge on any atom is 0.451 e. The second kappa shape index (κ2) is 5.40. The maximum absolute atomic E-state index is 12.7. The molecule has 0 aliphatic carbocycles. The van der Waals surface area contributed by atoms with Gasteiger partial charge in [0.1, 0.15) is 5.82 Å². The standard InChI is InChI=1S/C12H12F3N3O/c1-19-7-6-16-10-8-4-2-3-5-9(8)17-11(18-10)12(13,14)15/h2-5H,6-7H2,1H3,(H,16,17,18). The number of methoxy groups -OCH3 is 1. The lowest BCUT2D eigenvalue weighted by Gasteiger charge is -2.11. The van der Waals surface area contributed by atoms with Crippen molar-refractivity contribution >= 4 is 16.7 Å². The molecule has 0 saturated heterocycles. The van der Waals surface area contributed by atoms with Gasteiger partial charge in [-0.1, -0.05) is 12.1 Å². The van der Waals surface area contributed by atoms with Gasteiger partial charge in [-0.25, -0.2) is 9.97 Å². The van der Waals surface area contributed by atoms with E-state index in [1.807, 2.05) is 0 Å². The smallest absolute Gasteiger partial charge is 0.383 e. The van der Waals surface area contributed by atoms with Crippen LogP contribution >= 0.6 is 0 Å². The van der Waals surface area contributed by atoms with Crippen molar-refractivity contribution in [3.8, 4) is 0 Å². The first-order valence-corrected chi connectivity index (χ1v) is 5.59. The zero-order valence-electron chi connectivity index (χ0n) is 10.2. The quantitative estimate of drug-likeness (QED) is 0.868. The minimum atomic E-state index is -4.57. The molecule has 7 heteroatoms. The van der Waals surface area contributed by atoms with Crippen molar-refractivity contribution in [1.29, 1.82) is 0 Å². The van der Waals surface area contributed by atoms with Crippen LogP contribution in [0.25, 0.3) is 10.9 Å². The van der Waals surface area contributed by atoms with Gasteiger partial charge in [0.05, 0.1) is 12.1 Å². The molecule has 2 aromatic rings. The minimum absolute atomic E-state index is 0.162. The van der Waals surface area contributed by atoms with Crippen molar-refractivity contribution in [2.24, 2.45) is 0 Å². The Kier molecular flexibility index (Phi) is 3.84. The molecule has 0 fully saturated rings. The molecule has 102 valence electrons. The Bertz CT molecular complexity index is 572. The van der Waals surface area contributed by atoms with Crippen molar-refractivity contribution in [1.82, 2.24) is 9.97 Å². The summed E-state index contributed by atoms with van der Waals surface area (Å²) in [6, 6.07) is 6.55. The van der Waals surface area contributed by atoms with E-state index >= 15 is 0 Å². The summed E-state index contributed by atoms with van der Waals surface area (Å²) < 4.78 is 43.0. The van der Waals surface area contributed by atoms with Crippen LogP contribution in [0, 0.1) is 0 Å². The Morgan fingerprint density at radius 2 is 1.95 bits per heavy atom. The lowest BCUT2D eigenvalue weighted by molar-refractivity contribution is -0.144. The number of hydrogen-bond donors (Lipinski definition) is 1. The van der Waals surface area contributed by atoms with Crippen LogP contribution in [0.2, 0.25) is 0 Å². The fourth-order valence-corrected chi connectivity index (χ4v) is 1.61. The highest BCUT2D eigenvalue weighted by molar-refractivity contribution is 5.89. The Labute approximate surface area is 107 Å². The van der Waals surface area contributed by atoms with Gasteiger partial charge < -0.3 is 10.1 Å². The molecule has 0 spiro atoms. The first-order valence-electron chi connectivity index (χ1n) is 5.59. The molecular formula is C12H12F3N3O. The topological polar surface area (TPSA) is 47.0 Å². The van der Waals surface area contributed by atoms with Crippen LogP contribution in [0.3, 0.4) is 0 Å². The summed E-state index contributed by atoms with van der Waals surface area (Å²) in [5.41, 5.74) is 0.254. The van der Waals surface area contributed by atoms with Crippen molar-refractivity contribution in [3.05, 3.63) is 30.1 Å². The number of fused-ring (bicyclic) bond motifs is 1. The summed E-state index contributed by atoms with van der Waals surface area (Å²) in [4.78, 5) is 7.07. The molecule has 0 radical (unpaired) electrons. The minimum Gasteiger partial charge on any atom is -0.383 e. The second-order valence-electron chi connectivity index (χ2n) is 3.83. The van der Waals surface area contributed by atoms with Crippen molar-refractivity contribution in [2.75, 3.05) is 25.6 Å². The number of hydrogen-bond acceptors (Lipinski definition) is 4. The molecule has 0 aliphatic rings. The molecule has 0 atom stereocenters. The van der Waals surface area contributed by atoms with Crippen LogP contribution in [0.15, 0.2) is 24.3 Å². The SMILES string of the molecule is COCCNc1nc(C(F)(F)F)nc2ccccc12. The molecule has 4 nitrogen and oxygen atoms in total. The predicted octanol–water partition coefficient (Wildman–Crippen LogP) is 2.71. The number of nitrogens with zero attached hydrogens (tertiary/aromatic N) is 2. The molecule has 2 rings (SSSR count). The maximum atomic E-state index is 12.7. The van der Waals surface area contributed by atoms with Crippen LogP contribution in [-0.2, 0) is 10.9 Å². The third-order valence-corrected chi connectivity index (χ3v) is 2.46. The molecule has 0 bridgehead atoms. The van der Waals surface area contributed by atoms with Gasteiger partial charge in [-0.15, -0.1) is 0 Å². The van der Waals surface area contributed by atoms with Gasteiger partial charge in [-0.2, -0.15) is 13.2 Å². The van der Waals surface area contributed by atoms with E-state index < -0.39 is 12.0 Å². The van der Waals surface area contributed by atoms with E-state index in [4.69, 9.17) is 4.74 Å². The Hall–Kier alpha value is -1.89. The lowest BCUT2D eigenvalue weighted by Crippen LogP contribution is -2.15. The predicted molar refractivity (Wildman–Crippen MR) is 64.9 cm³/mol. The van der Waals surface area contributed by atoms with Gasteiger partial charge in [-0.3, -0.25) is 0 Å². The molecule has 1 aromatic carbocycles. The van der Waals surface area contributed by atoms with Crippen molar-refractivity contribution in [3.63, 3.8) is 0 Å². The van der Waals surface area contributed by atoms with Gasteiger partial charge in [0.15, 0.2) is 0 Å². The van der Waals surface area contributed by atoms with Crippen LogP contribution in [-0.4, -0.2) is 30.2 Å². The summed E-state index contributed by atoms with van der Waals surface area (Å²) >= 11 is 0. The monoisotopic (exact) mass is 271 g/mol. The summed E-state index contributed by atoms with van der Waals surface area (Å²) in [5.74, 6) is -0.985. The highest BCUT2D eigenvalue weighted by Crippen LogP contribution is 2.30. The van der Waals surface area contributed by atoms with E-state index in [0.717, 1.165) is 0 Å². The van der Waals surface area contributed by atoms with E-state index in [-0.39, 0.29) is 11.3 Å². The van der Waals surface area contributed by atoms with E-state index in [1.165, 1.54) is 13.2 Å². The summed E-state index contributed by atoms with van der Waals surface area (Å²) in [6.45, 7) is 0.745. The average Bonchev–Trinajstić information content (AvgIpc) is 2.37. The van der Waals surface area contributed by atoms with Gasteiger partial charge in [0, 0.05) is 19.0 Å². The fourth-order valence-electron chi connectivity index (χ4n) is 1.61. The average molecular weight is 271 g/mol. The third-order valence-electron chi connectivity index (χ3n) is 2.46. The Morgan fingerprint density at radius 3 is 2.63 bits per heavy atom. The van der Waals surface area contributed by atoms with Crippen LogP contribution in [0.4, 0.5) is 19.0 Å². The third kappa shape index (κ3) is 3.11. The number of ether oxygens (including phenoxy) is 1. The molecule has 0 aliphatic heterocycles. The summed E-state index contributed by atoms with van der Waals surface area (Å²) in [5, 5.41) is 3.37. The molecule has 1 N–H and O–H groups in total. The zero-order valence-corrected chi connectivity index (χ0v) is 10.2. The first-order chi connectivity index (χ1) is 9.02.